The molecule has 0 aliphatic heterocycles. The summed E-state index contributed by atoms with van der Waals surface area (Å²) in [6.07, 6.45) is 1.98. The van der Waals surface area contributed by atoms with Gasteiger partial charge in [0.25, 0.3) is 0 Å². The topological polar surface area (TPSA) is 158 Å². The molecule has 1 heterocycles. The molecule has 1 aromatic heterocycles. The molecule has 0 saturated heterocycles. The summed E-state index contributed by atoms with van der Waals surface area (Å²) in [5.41, 5.74) is 7.73. The molecule has 9 nitrogen and oxygen atoms in total. The Balaban J connectivity index is 2.02. The molecule has 0 fully saturated rings. The van der Waals surface area contributed by atoms with E-state index < -0.39 is 47.3 Å². The van der Waals surface area contributed by atoms with Gasteiger partial charge in [-0.05, 0) is 31.9 Å². The van der Waals surface area contributed by atoms with Crippen LogP contribution < -0.4 is 16.4 Å². The van der Waals surface area contributed by atoms with Crippen molar-refractivity contribution in [3.8, 4) is 0 Å². The fourth-order valence-electron chi connectivity index (χ4n) is 2.89. The van der Waals surface area contributed by atoms with E-state index in [-0.39, 0.29) is 6.42 Å². The average molecular weight is 423 g/mol. The van der Waals surface area contributed by atoms with Gasteiger partial charge in [0, 0.05) is 21.8 Å². The SMILES string of the molecule is CC(C)(S)[C@H](NC(=O)[C@H](CO)NC(=O)[C@@H](N)Cc1c[nH]c2ccccc12)C(=O)O. The molecule has 7 N–H and O–H groups in total. The first-order chi connectivity index (χ1) is 13.5. The van der Waals surface area contributed by atoms with E-state index >= 15 is 0 Å². The van der Waals surface area contributed by atoms with Gasteiger partial charge in [-0.2, -0.15) is 12.6 Å². The molecule has 2 rings (SSSR count). The summed E-state index contributed by atoms with van der Waals surface area (Å²) in [4.78, 5) is 39.2. The van der Waals surface area contributed by atoms with E-state index in [4.69, 9.17) is 5.73 Å². The highest BCUT2D eigenvalue weighted by molar-refractivity contribution is 7.81. The average Bonchev–Trinajstić information content (AvgIpc) is 3.05. The summed E-state index contributed by atoms with van der Waals surface area (Å²) in [5, 5.41) is 24.4. The first kappa shape index (κ1) is 22.7. The minimum Gasteiger partial charge on any atom is -0.480 e. The number of carbonyl (C=O) groups excluding carboxylic acids is 2. The molecule has 10 heteroatoms. The Hall–Kier alpha value is -2.56. The number of hydrogen-bond acceptors (Lipinski definition) is 6. The second-order valence-electron chi connectivity index (χ2n) is 7.35. The maximum Gasteiger partial charge on any atom is 0.327 e. The lowest BCUT2D eigenvalue weighted by molar-refractivity contribution is -0.143. The van der Waals surface area contributed by atoms with E-state index in [1.807, 2.05) is 24.3 Å². The summed E-state index contributed by atoms with van der Waals surface area (Å²) >= 11 is 4.17. The zero-order chi connectivity index (χ0) is 21.8. The summed E-state index contributed by atoms with van der Waals surface area (Å²) in [5.74, 6) is -2.76. The number of rotatable bonds is 9. The van der Waals surface area contributed by atoms with Crippen LogP contribution in [0.5, 0.6) is 0 Å². The van der Waals surface area contributed by atoms with Crippen molar-refractivity contribution in [2.24, 2.45) is 5.73 Å². The van der Waals surface area contributed by atoms with Crippen molar-refractivity contribution in [3.05, 3.63) is 36.0 Å². The standard InChI is InChI=1S/C19H26N4O5S/c1-19(2,29)15(18(27)28)23-17(26)14(9-24)22-16(25)12(20)7-10-8-21-13-6-4-3-5-11(10)13/h3-6,8,12,14-15,21,24,29H,7,9,20H2,1-2H3,(H,22,25)(H,23,26)(H,27,28)/t12-,14-,15+/m0/s1. The quantitative estimate of drug-likeness (QED) is 0.277. The minimum atomic E-state index is -1.34. The number of aliphatic hydroxyl groups is 1. The van der Waals surface area contributed by atoms with Gasteiger partial charge in [0.1, 0.15) is 12.1 Å². The van der Waals surface area contributed by atoms with Crippen molar-refractivity contribution in [3.63, 3.8) is 0 Å². The molecule has 158 valence electrons. The Morgan fingerprint density at radius 1 is 1.21 bits per heavy atom. The van der Waals surface area contributed by atoms with E-state index in [9.17, 15) is 24.6 Å². The van der Waals surface area contributed by atoms with Crippen molar-refractivity contribution in [2.75, 3.05) is 6.61 Å². The predicted molar refractivity (Wildman–Crippen MR) is 112 cm³/mol. The number of benzene rings is 1. The number of aromatic amines is 1. The molecule has 1 aromatic carbocycles. The van der Waals surface area contributed by atoms with Crippen LogP contribution in [-0.4, -0.2) is 62.5 Å². The van der Waals surface area contributed by atoms with Crippen LogP contribution in [-0.2, 0) is 20.8 Å². The summed E-state index contributed by atoms with van der Waals surface area (Å²) in [6.45, 7) is 2.34. The molecule has 0 radical (unpaired) electrons. The van der Waals surface area contributed by atoms with E-state index in [1.54, 1.807) is 6.20 Å². The molecule has 0 unspecified atom stereocenters. The van der Waals surface area contributed by atoms with Crippen LogP contribution in [0.15, 0.2) is 30.5 Å². The zero-order valence-electron chi connectivity index (χ0n) is 16.2. The van der Waals surface area contributed by atoms with E-state index in [2.05, 4.69) is 28.2 Å². The van der Waals surface area contributed by atoms with Gasteiger partial charge in [0.2, 0.25) is 11.8 Å². The number of nitrogens with two attached hydrogens (primary N) is 1. The normalized spacial score (nSPS) is 14.8. The van der Waals surface area contributed by atoms with Crippen molar-refractivity contribution >= 4 is 41.3 Å². The van der Waals surface area contributed by atoms with Crippen LogP contribution in [0.3, 0.4) is 0 Å². The number of hydrogen-bond donors (Lipinski definition) is 7. The van der Waals surface area contributed by atoms with Gasteiger partial charge in [-0.1, -0.05) is 18.2 Å². The number of carboxylic acids is 1. The lowest BCUT2D eigenvalue weighted by Crippen LogP contribution is -2.59. The van der Waals surface area contributed by atoms with Gasteiger partial charge in [0.05, 0.1) is 12.6 Å². The van der Waals surface area contributed by atoms with Crippen LogP contribution in [0.25, 0.3) is 10.9 Å². The van der Waals surface area contributed by atoms with Crippen LogP contribution in [0.1, 0.15) is 19.4 Å². The maximum absolute atomic E-state index is 12.4. The molecule has 0 bridgehead atoms. The molecule has 29 heavy (non-hydrogen) atoms. The molecule has 0 saturated carbocycles. The molecule has 0 spiro atoms. The first-order valence-electron chi connectivity index (χ1n) is 9.02. The van der Waals surface area contributed by atoms with E-state index in [0.717, 1.165) is 16.5 Å². The van der Waals surface area contributed by atoms with Gasteiger partial charge in [-0.25, -0.2) is 4.79 Å². The third-order valence-electron chi connectivity index (χ3n) is 4.51. The molecule has 0 aliphatic rings. The molecular weight excluding hydrogens is 396 g/mol. The Morgan fingerprint density at radius 3 is 2.45 bits per heavy atom. The molecular formula is C19H26N4O5S. The van der Waals surface area contributed by atoms with Crippen molar-refractivity contribution in [2.45, 2.75) is 43.1 Å². The van der Waals surface area contributed by atoms with Crippen LogP contribution in [0.4, 0.5) is 0 Å². The fraction of sp³-hybridized carbons (Fsp3) is 0.421. The number of fused-ring (bicyclic) bond motifs is 1. The minimum absolute atomic E-state index is 0.219. The number of aliphatic carboxylic acids is 1. The Kier molecular flexibility index (Phi) is 7.28. The summed E-state index contributed by atoms with van der Waals surface area (Å²) in [7, 11) is 0. The third-order valence-corrected chi connectivity index (χ3v) is 4.77. The second-order valence-corrected chi connectivity index (χ2v) is 8.50. The molecule has 3 atom stereocenters. The Bertz CT molecular complexity index is 892. The number of carbonyl (C=O) groups is 3. The monoisotopic (exact) mass is 422 g/mol. The number of para-hydroxylation sites is 1. The predicted octanol–water partition coefficient (Wildman–Crippen LogP) is -0.207. The number of amides is 2. The number of nitrogens with one attached hydrogen (secondary N) is 3. The van der Waals surface area contributed by atoms with Gasteiger partial charge >= 0.3 is 5.97 Å². The van der Waals surface area contributed by atoms with Crippen LogP contribution in [0, 0.1) is 0 Å². The molecule has 2 aromatic rings. The third kappa shape index (κ3) is 5.72. The van der Waals surface area contributed by atoms with Crippen molar-refractivity contribution < 1.29 is 24.6 Å². The van der Waals surface area contributed by atoms with Gasteiger partial charge in [-0.3, -0.25) is 9.59 Å². The lowest BCUT2D eigenvalue weighted by Gasteiger charge is -2.28. The van der Waals surface area contributed by atoms with Crippen LogP contribution >= 0.6 is 12.6 Å². The fourth-order valence-corrected chi connectivity index (χ4v) is 3.06. The number of aromatic nitrogens is 1. The number of carboxylic acid groups (broad SMARTS) is 1. The van der Waals surface area contributed by atoms with Gasteiger partial charge in [-0.15, -0.1) is 0 Å². The second kappa shape index (κ2) is 9.29. The van der Waals surface area contributed by atoms with Crippen molar-refractivity contribution in [1.82, 2.24) is 15.6 Å². The highest BCUT2D eigenvalue weighted by Crippen LogP contribution is 2.19. The largest absolute Gasteiger partial charge is 0.480 e. The maximum atomic E-state index is 12.4. The smallest absolute Gasteiger partial charge is 0.327 e. The lowest BCUT2D eigenvalue weighted by atomic mass is 10.0. The summed E-state index contributed by atoms with van der Waals surface area (Å²) < 4.78 is -1.06. The first-order valence-corrected chi connectivity index (χ1v) is 9.46. The van der Waals surface area contributed by atoms with Crippen molar-refractivity contribution in [1.29, 1.82) is 0 Å². The Labute approximate surface area is 173 Å². The van der Waals surface area contributed by atoms with Crippen LogP contribution in [0.2, 0.25) is 0 Å². The molecule has 2 amide bonds. The van der Waals surface area contributed by atoms with Gasteiger partial charge < -0.3 is 31.6 Å². The summed E-state index contributed by atoms with van der Waals surface area (Å²) in [6, 6.07) is 3.94. The van der Waals surface area contributed by atoms with E-state index in [0.29, 0.717) is 0 Å². The van der Waals surface area contributed by atoms with E-state index in [1.165, 1.54) is 13.8 Å². The number of thiol groups is 1. The number of H-pyrrole nitrogens is 1. The number of aliphatic hydroxyl groups excluding tert-OH is 1. The van der Waals surface area contributed by atoms with Gasteiger partial charge in [0.15, 0.2) is 0 Å². The molecule has 0 aliphatic carbocycles. The highest BCUT2D eigenvalue weighted by Gasteiger charge is 2.35. The highest BCUT2D eigenvalue weighted by atomic mass is 32.1. The Morgan fingerprint density at radius 2 is 1.86 bits per heavy atom. The zero-order valence-corrected chi connectivity index (χ0v) is 17.1.